The molecule has 1 aliphatic rings. The van der Waals surface area contributed by atoms with Crippen LogP contribution in [0.25, 0.3) is 64.9 Å². The van der Waals surface area contributed by atoms with Crippen molar-refractivity contribution in [3.05, 3.63) is 164 Å². The molecule has 0 unspecified atom stereocenters. The second-order valence-electron chi connectivity index (χ2n) is 14.9. The minimum absolute atomic E-state index is 0. The second kappa shape index (κ2) is 16.9. The fraction of sp³-hybridized carbons (Fsp3) is 0.184. The summed E-state index contributed by atoms with van der Waals surface area (Å²) in [4.78, 5) is 9.37. The normalized spacial score (nSPS) is 14.1. The number of rotatable bonds is 6. The molecule has 0 aliphatic heterocycles. The first-order chi connectivity index (χ1) is 26.2. The summed E-state index contributed by atoms with van der Waals surface area (Å²) >= 11 is 1.81. The number of hydrogen-bond acceptors (Lipinski definition) is 3. The van der Waals surface area contributed by atoms with Crippen LogP contribution in [-0.4, -0.2) is 18.0 Å². The summed E-state index contributed by atoms with van der Waals surface area (Å²) < 4.78 is 11.5. The van der Waals surface area contributed by atoms with Crippen molar-refractivity contribution in [2.24, 2.45) is 0 Å². The Labute approximate surface area is 340 Å². The Kier molecular flexibility index (Phi) is 11.4. The third-order valence-corrected chi connectivity index (χ3v) is 13.4. The van der Waals surface area contributed by atoms with E-state index in [1.165, 1.54) is 54.0 Å². The molecule has 0 N–H and O–H groups in total. The van der Waals surface area contributed by atoms with Crippen molar-refractivity contribution >= 4 is 44.8 Å². The van der Waals surface area contributed by atoms with Crippen LogP contribution in [0, 0.1) is 12.1 Å². The number of aromatic nitrogens is 2. The zero-order chi connectivity index (χ0) is 37.1. The maximum absolute atomic E-state index is 9.04. The Morgan fingerprint density at radius 1 is 0.648 bits per heavy atom. The van der Waals surface area contributed by atoms with E-state index in [0.29, 0.717) is 0 Å². The van der Waals surface area contributed by atoms with E-state index < -0.39 is 14.0 Å². The van der Waals surface area contributed by atoms with Gasteiger partial charge in [-0.3, -0.25) is 0 Å². The molecule has 2 nitrogen and oxygen atoms in total. The molecular weight excluding hydrogens is 869 g/mol. The van der Waals surface area contributed by atoms with Gasteiger partial charge in [-0.2, -0.15) is 11.3 Å². The number of nitrogens with zero attached hydrogens (tertiary/aromatic N) is 2. The van der Waals surface area contributed by atoms with Gasteiger partial charge in [-0.15, -0.1) is 59.2 Å². The van der Waals surface area contributed by atoms with Gasteiger partial charge in [0.15, 0.2) is 0 Å². The first-order valence-corrected chi connectivity index (χ1v) is 23.0. The Bertz CT molecular complexity index is 2520. The average molecular weight is 914 g/mol. The summed E-state index contributed by atoms with van der Waals surface area (Å²) in [5.74, 6) is -0.478. The molecule has 3 aromatic heterocycles. The number of pyridine rings is 2. The minimum Gasteiger partial charge on any atom is -0.305 e. The van der Waals surface area contributed by atoms with Crippen LogP contribution in [0.2, 0.25) is 19.6 Å². The van der Waals surface area contributed by atoms with E-state index in [2.05, 4.69) is 146 Å². The minimum atomic E-state index is -1.29. The van der Waals surface area contributed by atoms with Crippen molar-refractivity contribution in [3.8, 4) is 44.8 Å². The predicted molar refractivity (Wildman–Crippen MR) is 230 cm³/mol. The van der Waals surface area contributed by atoms with E-state index >= 15 is 0 Å². The van der Waals surface area contributed by atoms with Crippen molar-refractivity contribution in [2.45, 2.75) is 57.6 Å². The van der Waals surface area contributed by atoms with Crippen LogP contribution in [0.4, 0.5) is 0 Å². The molecule has 8 aromatic rings. The zero-order valence-corrected chi connectivity index (χ0v) is 35.2. The summed E-state index contributed by atoms with van der Waals surface area (Å²) in [6, 6.07) is 53.4. The molecule has 0 atom stereocenters. The first kappa shape index (κ1) is 36.5. The van der Waals surface area contributed by atoms with Gasteiger partial charge in [0, 0.05) is 38.6 Å². The molecule has 9 rings (SSSR count). The monoisotopic (exact) mass is 914 g/mol. The van der Waals surface area contributed by atoms with Gasteiger partial charge in [-0.25, -0.2) is 0 Å². The van der Waals surface area contributed by atoms with Gasteiger partial charge in [0.2, 0.25) is 0 Å². The molecule has 0 spiro atoms. The van der Waals surface area contributed by atoms with Crippen LogP contribution in [0.15, 0.2) is 146 Å². The van der Waals surface area contributed by atoms with E-state index in [9.17, 15) is 0 Å². The molecule has 5 aromatic carbocycles. The predicted octanol–water partition coefficient (Wildman–Crippen LogP) is 13.4. The Morgan fingerprint density at radius 3 is 2.04 bits per heavy atom. The van der Waals surface area contributed by atoms with Gasteiger partial charge >= 0.3 is 0 Å². The van der Waals surface area contributed by atoms with Gasteiger partial charge in [-0.05, 0) is 74.2 Å². The van der Waals surface area contributed by atoms with E-state index in [1.54, 1.807) is 0 Å². The first-order valence-electron chi connectivity index (χ1n) is 19.2. The van der Waals surface area contributed by atoms with E-state index in [-0.39, 0.29) is 20.1 Å². The van der Waals surface area contributed by atoms with Crippen LogP contribution < -0.4 is 5.19 Å². The molecule has 3 heterocycles. The smallest absolute Gasteiger partial charge is 0.0795 e. The molecule has 1 fully saturated rings. The van der Waals surface area contributed by atoms with Gasteiger partial charge in [0.05, 0.1) is 8.07 Å². The summed E-state index contributed by atoms with van der Waals surface area (Å²) in [5, 5.41) is 3.92. The summed E-state index contributed by atoms with van der Waals surface area (Å²) in [7, 11) is -1.29. The van der Waals surface area contributed by atoms with E-state index in [0.717, 1.165) is 53.8 Å². The number of thiophene rings is 1. The van der Waals surface area contributed by atoms with Gasteiger partial charge < -0.3 is 9.97 Å². The molecule has 0 amide bonds. The zero-order valence-electron chi connectivity index (χ0n) is 32.0. The molecule has 54 heavy (non-hydrogen) atoms. The van der Waals surface area contributed by atoms with Gasteiger partial charge in [-0.1, -0.05) is 141 Å². The topological polar surface area (TPSA) is 25.8 Å². The standard InChI is InChI=1S/C29H24NS.C20H20NSi.Ir/c1-3-8-20(9-4-1)22-14-15-24-25-12-7-13-26(29(25)31-28(24)19-22)27-18-23(16-17-30-27)21-10-5-2-6-11-21;1-22(2,3)19-12-13-20(21-15-19)18-11-7-10-17(14-18)16-8-5-4-6-9-16;/h1,3-4,7-9,12,14-19,21H,2,5-6,10-11H2;4-10,12-15H,1-3H3;/q2*-1;/i21D;;. The van der Waals surface area contributed by atoms with Crippen LogP contribution in [0.3, 0.4) is 0 Å². The van der Waals surface area contributed by atoms with Crippen molar-refractivity contribution < 1.29 is 21.5 Å². The number of hydrogen-bond donors (Lipinski definition) is 0. The van der Waals surface area contributed by atoms with Crippen molar-refractivity contribution in [1.29, 1.82) is 0 Å². The van der Waals surface area contributed by atoms with Crippen molar-refractivity contribution in [1.82, 2.24) is 9.97 Å². The van der Waals surface area contributed by atoms with Crippen molar-refractivity contribution in [2.75, 3.05) is 0 Å². The molecular formula is C49H44IrN2SSi-2. The molecule has 1 aliphatic carbocycles. The Hall–Kier alpha value is -4.51. The van der Waals surface area contributed by atoms with E-state index in [4.69, 9.17) is 6.35 Å². The third kappa shape index (κ3) is 8.41. The van der Waals surface area contributed by atoms with Gasteiger partial charge in [0.25, 0.3) is 0 Å². The second-order valence-corrected chi connectivity index (χ2v) is 21.0. The van der Waals surface area contributed by atoms with Gasteiger partial charge in [0.1, 0.15) is 0 Å². The molecule has 271 valence electrons. The average Bonchev–Trinajstić information content (AvgIpc) is 3.60. The summed E-state index contributed by atoms with van der Waals surface area (Å²) in [6.07, 6.45) is 9.32. The molecule has 5 heteroatoms. The van der Waals surface area contributed by atoms with Crippen LogP contribution >= 0.6 is 11.3 Å². The van der Waals surface area contributed by atoms with E-state index in [1.807, 2.05) is 48.0 Å². The molecule has 0 saturated heterocycles. The number of fused-ring (bicyclic) bond motifs is 3. The van der Waals surface area contributed by atoms with Crippen LogP contribution in [0.1, 0.15) is 44.9 Å². The summed E-state index contributed by atoms with van der Waals surface area (Å²) in [6.45, 7) is 7.02. The largest absolute Gasteiger partial charge is 0.305 e. The van der Waals surface area contributed by atoms with Crippen LogP contribution in [0.5, 0.6) is 0 Å². The Morgan fingerprint density at radius 2 is 1.35 bits per heavy atom. The summed E-state index contributed by atoms with van der Waals surface area (Å²) in [5.41, 5.74) is 10.0. The maximum Gasteiger partial charge on any atom is 0.0795 e. The fourth-order valence-electron chi connectivity index (χ4n) is 7.22. The quantitative estimate of drug-likeness (QED) is 0.123. The number of benzene rings is 5. The fourth-order valence-corrected chi connectivity index (χ4v) is 9.50. The maximum atomic E-state index is 9.04. The van der Waals surface area contributed by atoms with Crippen molar-refractivity contribution in [3.63, 3.8) is 0 Å². The molecule has 1 saturated carbocycles. The third-order valence-electron chi connectivity index (χ3n) is 10.2. The molecule has 1 radical (unpaired) electrons. The van der Waals surface area contributed by atoms with Crippen LogP contribution in [-0.2, 0) is 20.1 Å². The Balaban J connectivity index is 0.000000178. The SMILES string of the molecule is C[Si](C)(C)c1ccc(-c2[c-]ccc(-c3ccccc3)c2)nc1.[2H]C1(c2ccnc(-c3[c-]ccc4c3sc3cc(-c5ccccc5)ccc34)c2)CCCCC1.[Ir]. The molecule has 0 bridgehead atoms.